The quantitative estimate of drug-likeness (QED) is 0.863. The smallest absolute Gasteiger partial charge is 0.0300 e. The Kier molecular flexibility index (Phi) is 5.62. The van der Waals surface area contributed by atoms with E-state index in [1.807, 2.05) is 18.5 Å². The molecule has 1 aliphatic rings. The maximum atomic E-state index is 4.18. The average molecular weight is 247 g/mol. The van der Waals surface area contributed by atoms with Gasteiger partial charge in [-0.3, -0.25) is 4.98 Å². The molecule has 0 aromatic carbocycles. The first-order chi connectivity index (χ1) is 8.88. The zero-order valence-electron chi connectivity index (χ0n) is 11.4. The van der Waals surface area contributed by atoms with Gasteiger partial charge in [0.25, 0.3) is 0 Å². The van der Waals surface area contributed by atoms with Gasteiger partial charge in [-0.25, -0.2) is 0 Å². The molecule has 0 aliphatic carbocycles. The minimum absolute atomic E-state index is 0.686. The summed E-state index contributed by atoms with van der Waals surface area (Å²) in [5, 5.41) is 3.66. The first-order valence-corrected chi connectivity index (χ1v) is 7.23. The van der Waals surface area contributed by atoms with Gasteiger partial charge in [-0.2, -0.15) is 0 Å². The second kappa shape index (κ2) is 7.49. The summed E-state index contributed by atoms with van der Waals surface area (Å²) in [6.45, 7) is 7.04. The highest BCUT2D eigenvalue weighted by molar-refractivity contribution is 5.08. The minimum atomic E-state index is 0.686. The molecule has 100 valence electrons. The third-order valence-corrected chi connectivity index (χ3v) is 3.64. The molecular formula is C15H25N3. The number of rotatable bonds is 5. The van der Waals surface area contributed by atoms with Gasteiger partial charge in [0.1, 0.15) is 0 Å². The molecule has 1 aromatic heterocycles. The lowest BCUT2D eigenvalue weighted by Gasteiger charge is -2.24. The van der Waals surface area contributed by atoms with Crippen molar-refractivity contribution in [2.45, 2.75) is 38.6 Å². The average Bonchev–Trinajstić information content (AvgIpc) is 2.63. The van der Waals surface area contributed by atoms with Gasteiger partial charge in [0.15, 0.2) is 0 Å². The van der Waals surface area contributed by atoms with Crippen LogP contribution in [0.4, 0.5) is 0 Å². The fourth-order valence-electron chi connectivity index (χ4n) is 2.65. The van der Waals surface area contributed by atoms with Crippen LogP contribution < -0.4 is 5.32 Å². The van der Waals surface area contributed by atoms with Gasteiger partial charge in [0, 0.05) is 31.5 Å². The Morgan fingerprint density at radius 1 is 1.50 bits per heavy atom. The maximum absolute atomic E-state index is 4.18. The normalized spacial score (nSPS) is 21.7. The Balaban J connectivity index is 1.80. The van der Waals surface area contributed by atoms with Crippen molar-refractivity contribution in [2.75, 3.05) is 26.2 Å². The Labute approximate surface area is 111 Å². The van der Waals surface area contributed by atoms with E-state index in [1.54, 1.807) is 0 Å². The minimum Gasteiger partial charge on any atom is -0.313 e. The standard InChI is InChI=1S/C15H25N3/c1-2-5-15-13-18(10-4-9-17-15)11-7-14-6-3-8-16-12-14/h3,6,8,12,15,17H,2,4-5,7,9-11,13H2,1H3. The highest BCUT2D eigenvalue weighted by Crippen LogP contribution is 2.07. The van der Waals surface area contributed by atoms with Crippen molar-refractivity contribution in [2.24, 2.45) is 0 Å². The number of hydrogen-bond donors (Lipinski definition) is 1. The summed E-state index contributed by atoms with van der Waals surface area (Å²) in [6, 6.07) is 4.89. The lowest BCUT2D eigenvalue weighted by Crippen LogP contribution is -2.38. The predicted molar refractivity (Wildman–Crippen MR) is 75.7 cm³/mol. The lowest BCUT2D eigenvalue weighted by molar-refractivity contribution is 0.265. The van der Waals surface area contributed by atoms with Crippen LogP contribution in [0, 0.1) is 0 Å². The zero-order chi connectivity index (χ0) is 12.6. The van der Waals surface area contributed by atoms with E-state index in [0.29, 0.717) is 6.04 Å². The van der Waals surface area contributed by atoms with E-state index in [4.69, 9.17) is 0 Å². The van der Waals surface area contributed by atoms with Crippen LogP contribution in [0.5, 0.6) is 0 Å². The summed E-state index contributed by atoms with van der Waals surface area (Å²) in [5.74, 6) is 0. The SMILES string of the molecule is CCCC1CN(CCc2cccnc2)CCCN1. The molecule has 1 aromatic rings. The molecule has 1 N–H and O–H groups in total. The molecule has 2 rings (SSSR count). The second-order valence-corrected chi connectivity index (χ2v) is 5.21. The third-order valence-electron chi connectivity index (χ3n) is 3.64. The fourth-order valence-corrected chi connectivity index (χ4v) is 2.65. The Hall–Kier alpha value is -0.930. The zero-order valence-corrected chi connectivity index (χ0v) is 11.4. The number of hydrogen-bond acceptors (Lipinski definition) is 3. The summed E-state index contributed by atoms with van der Waals surface area (Å²) < 4.78 is 0. The van der Waals surface area contributed by atoms with Crippen molar-refractivity contribution in [3.8, 4) is 0 Å². The van der Waals surface area contributed by atoms with Crippen LogP contribution in [-0.4, -0.2) is 42.1 Å². The molecule has 3 heteroatoms. The van der Waals surface area contributed by atoms with E-state index in [9.17, 15) is 0 Å². The van der Waals surface area contributed by atoms with Crippen molar-refractivity contribution < 1.29 is 0 Å². The van der Waals surface area contributed by atoms with Gasteiger partial charge < -0.3 is 10.2 Å². The lowest BCUT2D eigenvalue weighted by atomic mass is 10.1. The molecule has 3 nitrogen and oxygen atoms in total. The summed E-state index contributed by atoms with van der Waals surface area (Å²) >= 11 is 0. The molecule has 2 heterocycles. The molecule has 1 atom stereocenters. The Bertz CT molecular complexity index is 326. The van der Waals surface area contributed by atoms with E-state index < -0.39 is 0 Å². The van der Waals surface area contributed by atoms with Crippen LogP contribution in [0.15, 0.2) is 24.5 Å². The number of aromatic nitrogens is 1. The Morgan fingerprint density at radius 2 is 2.44 bits per heavy atom. The van der Waals surface area contributed by atoms with Crippen molar-refractivity contribution in [3.05, 3.63) is 30.1 Å². The molecule has 0 bridgehead atoms. The summed E-state index contributed by atoms with van der Waals surface area (Å²) in [7, 11) is 0. The first-order valence-electron chi connectivity index (χ1n) is 7.23. The third kappa shape index (κ3) is 4.39. The van der Waals surface area contributed by atoms with Crippen LogP contribution in [-0.2, 0) is 6.42 Å². The van der Waals surface area contributed by atoms with E-state index in [2.05, 4.69) is 28.2 Å². The molecule has 0 amide bonds. The number of pyridine rings is 1. The molecular weight excluding hydrogens is 222 g/mol. The first kappa shape index (κ1) is 13.5. The molecule has 0 radical (unpaired) electrons. The summed E-state index contributed by atoms with van der Waals surface area (Å²) in [5.41, 5.74) is 1.35. The molecule has 0 saturated carbocycles. The van der Waals surface area contributed by atoms with Crippen LogP contribution >= 0.6 is 0 Å². The van der Waals surface area contributed by atoms with Gasteiger partial charge in [0.05, 0.1) is 0 Å². The number of nitrogens with one attached hydrogen (secondary N) is 1. The van der Waals surface area contributed by atoms with Gasteiger partial charge >= 0.3 is 0 Å². The van der Waals surface area contributed by atoms with Gasteiger partial charge in [-0.05, 0) is 44.0 Å². The monoisotopic (exact) mass is 247 g/mol. The van der Waals surface area contributed by atoms with Gasteiger partial charge in [-0.1, -0.05) is 19.4 Å². The maximum Gasteiger partial charge on any atom is 0.0300 e. The topological polar surface area (TPSA) is 28.2 Å². The van der Waals surface area contributed by atoms with Crippen LogP contribution in [0.25, 0.3) is 0 Å². The molecule has 1 saturated heterocycles. The van der Waals surface area contributed by atoms with Crippen LogP contribution in [0.1, 0.15) is 31.7 Å². The molecule has 1 unspecified atom stereocenters. The largest absolute Gasteiger partial charge is 0.313 e. The van der Waals surface area contributed by atoms with E-state index in [0.717, 1.165) is 13.0 Å². The van der Waals surface area contributed by atoms with Gasteiger partial charge in [-0.15, -0.1) is 0 Å². The summed E-state index contributed by atoms with van der Waals surface area (Å²) in [6.07, 6.45) is 8.79. The van der Waals surface area contributed by atoms with E-state index >= 15 is 0 Å². The molecule has 0 spiro atoms. The highest BCUT2D eigenvalue weighted by Gasteiger charge is 2.16. The van der Waals surface area contributed by atoms with Crippen LogP contribution in [0.3, 0.4) is 0 Å². The van der Waals surface area contributed by atoms with E-state index in [1.165, 1.54) is 44.5 Å². The second-order valence-electron chi connectivity index (χ2n) is 5.21. The highest BCUT2D eigenvalue weighted by atomic mass is 15.2. The van der Waals surface area contributed by atoms with Crippen molar-refractivity contribution >= 4 is 0 Å². The van der Waals surface area contributed by atoms with E-state index in [-0.39, 0.29) is 0 Å². The number of nitrogens with zero attached hydrogens (tertiary/aromatic N) is 2. The molecule has 18 heavy (non-hydrogen) atoms. The van der Waals surface area contributed by atoms with Crippen molar-refractivity contribution in [3.63, 3.8) is 0 Å². The van der Waals surface area contributed by atoms with Crippen molar-refractivity contribution in [1.29, 1.82) is 0 Å². The van der Waals surface area contributed by atoms with Crippen LogP contribution in [0.2, 0.25) is 0 Å². The fraction of sp³-hybridized carbons (Fsp3) is 0.667. The Morgan fingerprint density at radius 3 is 3.22 bits per heavy atom. The predicted octanol–water partition coefficient (Wildman–Crippen LogP) is 2.09. The molecule has 1 aliphatic heterocycles. The molecule has 1 fully saturated rings. The van der Waals surface area contributed by atoms with Crippen molar-refractivity contribution in [1.82, 2.24) is 15.2 Å². The van der Waals surface area contributed by atoms with Gasteiger partial charge in [0.2, 0.25) is 0 Å². The summed E-state index contributed by atoms with van der Waals surface area (Å²) in [4.78, 5) is 6.78.